The lowest BCUT2D eigenvalue weighted by atomic mass is 9.85. The van der Waals surface area contributed by atoms with Gasteiger partial charge < -0.3 is 9.67 Å². The maximum atomic E-state index is 10.6. The normalized spacial score (nSPS) is 15.6. The Morgan fingerprint density at radius 1 is 1.32 bits per heavy atom. The molecule has 19 heavy (non-hydrogen) atoms. The van der Waals surface area contributed by atoms with Crippen molar-refractivity contribution < 1.29 is 9.90 Å². The van der Waals surface area contributed by atoms with Crippen molar-refractivity contribution in [2.24, 2.45) is 5.92 Å². The quantitative estimate of drug-likeness (QED) is 0.891. The molecule has 0 saturated heterocycles. The molecule has 1 saturated carbocycles. The van der Waals surface area contributed by atoms with Crippen molar-refractivity contribution >= 4 is 16.9 Å². The van der Waals surface area contributed by atoms with Gasteiger partial charge in [0, 0.05) is 24.7 Å². The van der Waals surface area contributed by atoms with E-state index in [2.05, 4.69) is 29.0 Å². The van der Waals surface area contributed by atoms with E-state index in [-0.39, 0.29) is 6.42 Å². The first-order valence-electron chi connectivity index (χ1n) is 7.02. The molecule has 100 valence electrons. The number of carboxylic acid groups (broad SMARTS) is 1. The monoisotopic (exact) mass is 257 g/mol. The molecule has 2 aromatic rings. The summed E-state index contributed by atoms with van der Waals surface area (Å²) in [4.78, 5) is 10.6. The number of benzene rings is 1. The third-order valence-corrected chi connectivity index (χ3v) is 4.15. The Kier molecular flexibility index (Phi) is 3.28. The molecule has 1 aromatic heterocycles. The third kappa shape index (κ3) is 2.65. The fourth-order valence-electron chi connectivity index (χ4n) is 2.75. The molecule has 3 nitrogen and oxygen atoms in total. The molecule has 1 aliphatic carbocycles. The third-order valence-electron chi connectivity index (χ3n) is 4.15. The smallest absolute Gasteiger partial charge is 0.303 e. The predicted molar refractivity (Wildman–Crippen MR) is 75.2 cm³/mol. The van der Waals surface area contributed by atoms with Crippen LogP contribution in [0.4, 0.5) is 0 Å². The zero-order chi connectivity index (χ0) is 13.2. The van der Waals surface area contributed by atoms with E-state index in [1.165, 1.54) is 30.2 Å². The number of rotatable bonds is 5. The highest BCUT2D eigenvalue weighted by molar-refractivity contribution is 5.81. The molecule has 0 bridgehead atoms. The van der Waals surface area contributed by atoms with Crippen molar-refractivity contribution in [3.63, 3.8) is 0 Å². The highest BCUT2D eigenvalue weighted by Crippen LogP contribution is 2.29. The lowest BCUT2D eigenvalue weighted by Gasteiger charge is -2.26. The van der Waals surface area contributed by atoms with Crippen LogP contribution in [0.5, 0.6) is 0 Å². The molecule has 1 N–H and O–H groups in total. The Hall–Kier alpha value is -1.77. The number of nitrogens with zero attached hydrogens (tertiary/aromatic N) is 1. The maximum absolute atomic E-state index is 10.6. The van der Waals surface area contributed by atoms with E-state index in [1.54, 1.807) is 0 Å². The van der Waals surface area contributed by atoms with Gasteiger partial charge in [-0.15, -0.1) is 0 Å². The molecular weight excluding hydrogens is 238 g/mol. The number of carbonyl (C=O) groups is 1. The molecule has 0 radical (unpaired) electrons. The van der Waals surface area contributed by atoms with Crippen molar-refractivity contribution in [1.29, 1.82) is 0 Å². The highest BCUT2D eigenvalue weighted by Gasteiger charge is 2.18. The van der Waals surface area contributed by atoms with E-state index in [0.717, 1.165) is 18.0 Å². The second kappa shape index (κ2) is 5.08. The van der Waals surface area contributed by atoms with Gasteiger partial charge in [-0.25, -0.2) is 0 Å². The highest BCUT2D eigenvalue weighted by atomic mass is 16.4. The van der Waals surface area contributed by atoms with Crippen LogP contribution in [0.2, 0.25) is 0 Å². The molecule has 0 spiro atoms. The molecule has 0 amide bonds. The number of fused-ring (bicyclic) bond motifs is 1. The van der Waals surface area contributed by atoms with Crippen molar-refractivity contribution in [3.8, 4) is 0 Å². The Morgan fingerprint density at radius 2 is 2.16 bits per heavy atom. The van der Waals surface area contributed by atoms with Crippen LogP contribution in [0, 0.1) is 5.92 Å². The van der Waals surface area contributed by atoms with Crippen LogP contribution in [-0.2, 0) is 17.8 Å². The van der Waals surface area contributed by atoms with E-state index < -0.39 is 5.97 Å². The van der Waals surface area contributed by atoms with E-state index in [0.29, 0.717) is 6.42 Å². The summed E-state index contributed by atoms with van der Waals surface area (Å²) >= 11 is 0. The summed E-state index contributed by atoms with van der Waals surface area (Å²) in [7, 11) is 0. The Balaban J connectivity index is 1.82. The lowest BCUT2D eigenvalue weighted by Crippen LogP contribution is -2.17. The van der Waals surface area contributed by atoms with Crippen molar-refractivity contribution in [2.75, 3.05) is 0 Å². The summed E-state index contributed by atoms with van der Waals surface area (Å²) in [6.45, 7) is 1.10. The minimum atomic E-state index is -0.732. The first-order valence-corrected chi connectivity index (χ1v) is 7.02. The number of hydrogen-bond donors (Lipinski definition) is 1. The lowest BCUT2D eigenvalue weighted by molar-refractivity contribution is -0.136. The summed E-state index contributed by atoms with van der Waals surface area (Å²) in [6, 6.07) is 8.44. The molecule has 0 atom stereocenters. The predicted octanol–water partition coefficient (Wildman–Crippen LogP) is 3.46. The van der Waals surface area contributed by atoms with E-state index in [4.69, 9.17) is 5.11 Å². The Labute approximate surface area is 112 Å². The number of aliphatic carboxylic acids is 1. The maximum Gasteiger partial charge on any atom is 0.303 e. The molecule has 1 heterocycles. The summed E-state index contributed by atoms with van der Waals surface area (Å²) in [5.74, 6) is 0.100. The second-order valence-corrected chi connectivity index (χ2v) is 5.55. The van der Waals surface area contributed by atoms with Crippen LogP contribution in [-0.4, -0.2) is 15.6 Å². The Bertz CT molecular complexity index is 596. The van der Waals surface area contributed by atoms with Gasteiger partial charge in [-0.3, -0.25) is 4.79 Å². The molecule has 1 aliphatic rings. The van der Waals surface area contributed by atoms with Crippen LogP contribution in [0.15, 0.2) is 30.5 Å². The SMILES string of the molecule is O=C(O)CCc1ccc2ccn(CC3CCC3)c2c1. The van der Waals surface area contributed by atoms with Crippen LogP contribution < -0.4 is 0 Å². The summed E-state index contributed by atoms with van der Waals surface area (Å²) < 4.78 is 2.32. The van der Waals surface area contributed by atoms with Crippen molar-refractivity contribution in [3.05, 3.63) is 36.0 Å². The number of aromatic nitrogens is 1. The molecular formula is C16H19NO2. The minimum absolute atomic E-state index is 0.203. The van der Waals surface area contributed by atoms with Crippen molar-refractivity contribution in [1.82, 2.24) is 4.57 Å². The summed E-state index contributed by atoms with van der Waals surface area (Å²) in [6.07, 6.45) is 7.03. The zero-order valence-electron chi connectivity index (χ0n) is 11.0. The molecule has 1 fully saturated rings. The van der Waals surface area contributed by atoms with Gasteiger partial charge in [-0.2, -0.15) is 0 Å². The van der Waals surface area contributed by atoms with Gasteiger partial charge in [0.2, 0.25) is 0 Å². The van der Waals surface area contributed by atoms with Gasteiger partial charge >= 0.3 is 5.97 Å². The molecule has 3 heteroatoms. The van der Waals surface area contributed by atoms with Gasteiger partial charge in [0.1, 0.15) is 0 Å². The molecule has 0 aliphatic heterocycles. The number of hydrogen-bond acceptors (Lipinski definition) is 1. The largest absolute Gasteiger partial charge is 0.481 e. The second-order valence-electron chi connectivity index (χ2n) is 5.55. The average molecular weight is 257 g/mol. The van der Waals surface area contributed by atoms with Gasteiger partial charge in [0.15, 0.2) is 0 Å². The fraction of sp³-hybridized carbons (Fsp3) is 0.438. The van der Waals surface area contributed by atoms with Crippen LogP contribution in [0.25, 0.3) is 10.9 Å². The Morgan fingerprint density at radius 3 is 2.84 bits per heavy atom. The number of carboxylic acids is 1. The first-order chi connectivity index (χ1) is 9.22. The van der Waals surface area contributed by atoms with E-state index in [9.17, 15) is 4.79 Å². The van der Waals surface area contributed by atoms with E-state index >= 15 is 0 Å². The van der Waals surface area contributed by atoms with Crippen LogP contribution in [0.1, 0.15) is 31.2 Å². The van der Waals surface area contributed by atoms with Gasteiger partial charge in [0.25, 0.3) is 0 Å². The fourth-order valence-corrected chi connectivity index (χ4v) is 2.75. The summed E-state index contributed by atoms with van der Waals surface area (Å²) in [5, 5.41) is 10.0. The van der Waals surface area contributed by atoms with Gasteiger partial charge in [0.05, 0.1) is 0 Å². The number of aryl methyl sites for hydroxylation is 1. The average Bonchev–Trinajstić information content (AvgIpc) is 2.73. The van der Waals surface area contributed by atoms with Crippen LogP contribution >= 0.6 is 0 Å². The molecule has 1 aromatic carbocycles. The molecule has 3 rings (SSSR count). The topological polar surface area (TPSA) is 42.2 Å². The van der Waals surface area contributed by atoms with Gasteiger partial charge in [-0.1, -0.05) is 18.6 Å². The molecule has 0 unspecified atom stereocenters. The zero-order valence-corrected chi connectivity index (χ0v) is 11.0. The standard InChI is InChI=1S/C16H19NO2/c18-16(19)7-5-12-4-6-14-8-9-17(15(14)10-12)11-13-2-1-3-13/h4,6,8-10,13H,1-3,5,7,11H2,(H,18,19). The van der Waals surface area contributed by atoms with E-state index in [1.807, 2.05) is 6.07 Å². The van der Waals surface area contributed by atoms with Crippen molar-refractivity contribution in [2.45, 2.75) is 38.6 Å². The van der Waals surface area contributed by atoms with Gasteiger partial charge in [-0.05, 0) is 48.3 Å². The first kappa shape index (κ1) is 12.3. The van der Waals surface area contributed by atoms with Crippen LogP contribution in [0.3, 0.4) is 0 Å². The summed E-state index contributed by atoms with van der Waals surface area (Å²) in [5.41, 5.74) is 2.36. The minimum Gasteiger partial charge on any atom is -0.481 e.